The van der Waals surface area contributed by atoms with Gasteiger partial charge < -0.3 is 5.32 Å². The summed E-state index contributed by atoms with van der Waals surface area (Å²) in [4.78, 5) is 11.7. The number of aryl methyl sites for hydroxylation is 3. The van der Waals surface area contributed by atoms with Crippen LogP contribution >= 0.6 is 11.3 Å². The predicted octanol–water partition coefficient (Wildman–Crippen LogP) is 3.72. The molecule has 106 valence electrons. The number of nitrogens with zero attached hydrogens (tertiary/aromatic N) is 2. The van der Waals surface area contributed by atoms with Crippen molar-refractivity contribution in [1.29, 1.82) is 0 Å². The Kier molecular flexibility index (Phi) is 4.18. The second-order valence-electron chi connectivity index (χ2n) is 5.33. The Bertz CT molecular complexity index is 623. The molecule has 20 heavy (non-hydrogen) atoms. The van der Waals surface area contributed by atoms with E-state index in [2.05, 4.69) is 48.4 Å². The summed E-state index contributed by atoms with van der Waals surface area (Å²) >= 11 is 1.41. The van der Waals surface area contributed by atoms with Gasteiger partial charge in [-0.25, -0.2) is 0 Å². The van der Waals surface area contributed by atoms with Crippen LogP contribution in [0.25, 0.3) is 10.6 Å². The fourth-order valence-corrected chi connectivity index (χ4v) is 3.06. The average Bonchev–Trinajstić information content (AvgIpc) is 2.75. The predicted molar refractivity (Wildman–Crippen MR) is 83.0 cm³/mol. The lowest BCUT2D eigenvalue weighted by atomic mass is 10.0. The quantitative estimate of drug-likeness (QED) is 0.936. The van der Waals surface area contributed by atoms with Crippen molar-refractivity contribution in [3.63, 3.8) is 0 Å². The van der Waals surface area contributed by atoms with Crippen LogP contribution in [0, 0.1) is 26.7 Å². The number of carbonyl (C=O) groups excluding carboxylic acids is 1. The van der Waals surface area contributed by atoms with Crippen molar-refractivity contribution in [2.24, 2.45) is 5.92 Å². The number of amides is 1. The molecule has 0 atom stereocenters. The topological polar surface area (TPSA) is 54.9 Å². The van der Waals surface area contributed by atoms with Gasteiger partial charge in [-0.2, -0.15) is 0 Å². The highest BCUT2D eigenvalue weighted by atomic mass is 32.1. The molecule has 0 saturated heterocycles. The van der Waals surface area contributed by atoms with Gasteiger partial charge in [0, 0.05) is 11.5 Å². The highest BCUT2D eigenvalue weighted by Crippen LogP contribution is 2.32. The largest absolute Gasteiger partial charge is 0.300 e. The van der Waals surface area contributed by atoms with Gasteiger partial charge in [-0.15, -0.1) is 10.2 Å². The van der Waals surface area contributed by atoms with Gasteiger partial charge in [0.2, 0.25) is 11.0 Å². The molecule has 0 bridgehead atoms. The molecule has 2 aromatic rings. The lowest BCUT2D eigenvalue weighted by Crippen LogP contribution is -2.17. The number of nitrogens with one attached hydrogen (secondary N) is 1. The lowest BCUT2D eigenvalue weighted by molar-refractivity contribution is -0.118. The zero-order valence-electron chi connectivity index (χ0n) is 12.4. The Balaban J connectivity index is 2.32. The first-order valence-corrected chi connectivity index (χ1v) is 7.42. The number of rotatable bonds is 3. The molecule has 0 unspecified atom stereocenters. The molecular formula is C15H19N3OS. The monoisotopic (exact) mass is 289 g/mol. The molecule has 1 aromatic carbocycles. The third-order valence-corrected chi connectivity index (χ3v) is 3.93. The Labute approximate surface area is 123 Å². The van der Waals surface area contributed by atoms with E-state index in [1.165, 1.54) is 28.0 Å². The minimum Gasteiger partial charge on any atom is -0.300 e. The first-order chi connectivity index (χ1) is 9.38. The molecule has 0 radical (unpaired) electrons. The minimum absolute atomic E-state index is 0.0370. The summed E-state index contributed by atoms with van der Waals surface area (Å²) in [7, 11) is 0. The molecule has 0 aliphatic carbocycles. The van der Waals surface area contributed by atoms with Crippen LogP contribution in [0.15, 0.2) is 12.1 Å². The molecule has 0 fully saturated rings. The van der Waals surface area contributed by atoms with E-state index in [1.807, 2.05) is 13.8 Å². The Morgan fingerprint density at radius 2 is 1.75 bits per heavy atom. The molecule has 0 spiro atoms. The van der Waals surface area contributed by atoms with Crippen molar-refractivity contribution in [3.8, 4) is 10.6 Å². The first kappa shape index (κ1) is 14.7. The van der Waals surface area contributed by atoms with E-state index in [4.69, 9.17) is 0 Å². The molecule has 1 N–H and O–H groups in total. The standard InChI is InChI=1S/C15H19N3OS/c1-8(2)13(19)16-15-18-17-14(20-15)12-10(4)6-9(3)7-11(12)5/h6-8H,1-5H3,(H,16,18,19). The van der Waals surface area contributed by atoms with E-state index in [1.54, 1.807) is 0 Å². The third kappa shape index (κ3) is 3.04. The van der Waals surface area contributed by atoms with Gasteiger partial charge in [-0.1, -0.05) is 42.9 Å². The average molecular weight is 289 g/mol. The van der Waals surface area contributed by atoms with Crippen LogP contribution in [-0.2, 0) is 4.79 Å². The van der Waals surface area contributed by atoms with Gasteiger partial charge in [0.05, 0.1) is 0 Å². The molecule has 1 aromatic heterocycles. The summed E-state index contributed by atoms with van der Waals surface area (Å²) in [5, 5.41) is 12.4. The minimum atomic E-state index is -0.0646. The van der Waals surface area contributed by atoms with Gasteiger partial charge in [-0.3, -0.25) is 4.79 Å². The summed E-state index contributed by atoms with van der Waals surface area (Å²) in [6.45, 7) is 9.93. The van der Waals surface area contributed by atoms with Crippen LogP contribution in [0.3, 0.4) is 0 Å². The summed E-state index contributed by atoms with van der Waals surface area (Å²) < 4.78 is 0. The molecule has 1 amide bonds. The molecule has 0 aliphatic rings. The summed E-state index contributed by atoms with van der Waals surface area (Å²) in [6.07, 6.45) is 0. The number of benzene rings is 1. The highest BCUT2D eigenvalue weighted by molar-refractivity contribution is 7.18. The fraction of sp³-hybridized carbons (Fsp3) is 0.400. The van der Waals surface area contributed by atoms with Crippen LogP contribution in [0.4, 0.5) is 5.13 Å². The van der Waals surface area contributed by atoms with Crippen molar-refractivity contribution in [2.75, 3.05) is 5.32 Å². The smallest absolute Gasteiger partial charge is 0.228 e. The maximum absolute atomic E-state index is 11.7. The van der Waals surface area contributed by atoms with Crippen molar-refractivity contribution in [3.05, 3.63) is 28.8 Å². The van der Waals surface area contributed by atoms with E-state index >= 15 is 0 Å². The molecule has 4 nitrogen and oxygen atoms in total. The summed E-state index contributed by atoms with van der Waals surface area (Å²) in [5.74, 6) is -0.102. The second-order valence-corrected chi connectivity index (χ2v) is 6.31. The van der Waals surface area contributed by atoms with Crippen molar-refractivity contribution in [2.45, 2.75) is 34.6 Å². The fourth-order valence-electron chi connectivity index (χ4n) is 2.14. The van der Waals surface area contributed by atoms with Crippen LogP contribution in [-0.4, -0.2) is 16.1 Å². The Morgan fingerprint density at radius 1 is 1.15 bits per heavy atom. The number of aromatic nitrogens is 2. The van der Waals surface area contributed by atoms with Crippen LogP contribution in [0.1, 0.15) is 30.5 Å². The van der Waals surface area contributed by atoms with Gasteiger partial charge >= 0.3 is 0 Å². The first-order valence-electron chi connectivity index (χ1n) is 6.61. The van der Waals surface area contributed by atoms with Crippen molar-refractivity contribution in [1.82, 2.24) is 10.2 Å². The number of anilines is 1. The summed E-state index contributed by atoms with van der Waals surface area (Å²) in [5.41, 5.74) is 4.71. The molecule has 0 saturated carbocycles. The van der Waals surface area contributed by atoms with E-state index in [0.717, 1.165) is 10.6 Å². The molecule has 5 heteroatoms. The van der Waals surface area contributed by atoms with Crippen LogP contribution in [0.2, 0.25) is 0 Å². The van der Waals surface area contributed by atoms with E-state index < -0.39 is 0 Å². The molecule has 1 heterocycles. The third-order valence-electron chi connectivity index (χ3n) is 3.07. The Hall–Kier alpha value is -1.75. The Morgan fingerprint density at radius 3 is 2.30 bits per heavy atom. The zero-order valence-corrected chi connectivity index (χ0v) is 13.3. The van der Waals surface area contributed by atoms with Crippen LogP contribution < -0.4 is 5.32 Å². The molecular weight excluding hydrogens is 270 g/mol. The van der Waals surface area contributed by atoms with E-state index in [-0.39, 0.29) is 11.8 Å². The van der Waals surface area contributed by atoms with E-state index in [0.29, 0.717) is 5.13 Å². The number of hydrogen-bond acceptors (Lipinski definition) is 4. The van der Waals surface area contributed by atoms with Gasteiger partial charge in [0.25, 0.3) is 0 Å². The second kappa shape index (κ2) is 5.71. The van der Waals surface area contributed by atoms with Crippen molar-refractivity contribution < 1.29 is 4.79 Å². The SMILES string of the molecule is Cc1cc(C)c(-c2nnc(NC(=O)C(C)C)s2)c(C)c1. The normalized spacial score (nSPS) is 10.9. The molecule has 0 aliphatic heterocycles. The lowest BCUT2D eigenvalue weighted by Gasteiger charge is -2.07. The molecule has 2 rings (SSSR count). The maximum atomic E-state index is 11.7. The summed E-state index contributed by atoms with van der Waals surface area (Å²) in [6, 6.07) is 4.27. The maximum Gasteiger partial charge on any atom is 0.228 e. The highest BCUT2D eigenvalue weighted by Gasteiger charge is 2.14. The number of hydrogen-bond donors (Lipinski definition) is 1. The number of carbonyl (C=O) groups is 1. The van der Waals surface area contributed by atoms with Gasteiger partial charge in [-0.05, 0) is 31.9 Å². The van der Waals surface area contributed by atoms with Gasteiger partial charge in [0.1, 0.15) is 5.01 Å². The van der Waals surface area contributed by atoms with Gasteiger partial charge in [0.15, 0.2) is 0 Å². The van der Waals surface area contributed by atoms with Crippen LogP contribution in [0.5, 0.6) is 0 Å². The van der Waals surface area contributed by atoms with E-state index in [9.17, 15) is 4.79 Å². The van der Waals surface area contributed by atoms with Crippen molar-refractivity contribution >= 4 is 22.4 Å². The zero-order chi connectivity index (χ0) is 14.9.